The highest BCUT2D eigenvalue weighted by Gasteiger charge is 2.30. The molecule has 1 N–H and O–H groups in total. The van der Waals surface area contributed by atoms with Crippen LogP contribution in [0.4, 0.5) is 11.5 Å². The lowest BCUT2D eigenvalue weighted by Gasteiger charge is -2.36. The van der Waals surface area contributed by atoms with E-state index in [9.17, 15) is 10.1 Å². The molecular formula is C13H19N3O2S. The molecule has 1 saturated carbocycles. The summed E-state index contributed by atoms with van der Waals surface area (Å²) in [6.07, 6.45) is 9.83. The molecule has 1 aliphatic rings. The number of anilines is 1. The van der Waals surface area contributed by atoms with Crippen molar-refractivity contribution in [3.8, 4) is 0 Å². The average molecular weight is 281 g/mol. The monoisotopic (exact) mass is 281 g/mol. The number of thioether (sulfide) groups is 1. The first kappa shape index (κ1) is 14.1. The van der Waals surface area contributed by atoms with Crippen molar-refractivity contribution in [3.05, 3.63) is 28.4 Å². The topological polar surface area (TPSA) is 68.1 Å². The second kappa shape index (κ2) is 6.23. The highest BCUT2D eigenvalue weighted by Crippen LogP contribution is 2.38. The van der Waals surface area contributed by atoms with Gasteiger partial charge in [0.2, 0.25) is 0 Å². The molecule has 1 aromatic heterocycles. The van der Waals surface area contributed by atoms with Crippen molar-refractivity contribution < 1.29 is 4.92 Å². The summed E-state index contributed by atoms with van der Waals surface area (Å²) in [6, 6.07) is 3.16. The number of aromatic nitrogens is 1. The van der Waals surface area contributed by atoms with Gasteiger partial charge in [0.1, 0.15) is 12.0 Å². The van der Waals surface area contributed by atoms with Crippen molar-refractivity contribution >= 4 is 23.3 Å². The molecule has 2 rings (SSSR count). The minimum atomic E-state index is -0.429. The Balaban J connectivity index is 1.95. The second-order valence-corrected chi connectivity index (χ2v) is 6.23. The summed E-state index contributed by atoms with van der Waals surface area (Å²) < 4.78 is 0.293. The largest absolute Gasteiger partial charge is 0.369 e. The van der Waals surface area contributed by atoms with Gasteiger partial charge in [-0.2, -0.15) is 11.8 Å². The summed E-state index contributed by atoms with van der Waals surface area (Å²) in [5.74, 6) is 0.713. The van der Waals surface area contributed by atoms with Crippen LogP contribution in [0.25, 0.3) is 0 Å². The van der Waals surface area contributed by atoms with Gasteiger partial charge in [-0.15, -0.1) is 0 Å². The van der Waals surface area contributed by atoms with Crippen LogP contribution in [0.2, 0.25) is 0 Å². The van der Waals surface area contributed by atoms with Gasteiger partial charge in [0, 0.05) is 17.4 Å². The Bertz CT molecular complexity index is 430. The maximum atomic E-state index is 10.6. The number of nitrogens with one attached hydrogen (secondary N) is 1. The number of hydrogen-bond donors (Lipinski definition) is 1. The van der Waals surface area contributed by atoms with E-state index < -0.39 is 4.92 Å². The van der Waals surface area contributed by atoms with Crippen molar-refractivity contribution in [2.45, 2.75) is 36.9 Å². The number of nitro groups is 1. The number of nitrogens with zero attached hydrogens (tertiary/aromatic N) is 2. The zero-order valence-electron chi connectivity index (χ0n) is 11.1. The molecule has 0 spiro atoms. The summed E-state index contributed by atoms with van der Waals surface area (Å²) >= 11 is 1.92. The van der Waals surface area contributed by atoms with Gasteiger partial charge in [0.25, 0.3) is 5.69 Å². The molecule has 6 heteroatoms. The van der Waals surface area contributed by atoms with E-state index in [1.807, 2.05) is 11.8 Å². The Hall–Kier alpha value is -1.30. The van der Waals surface area contributed by atoms with Gasteiger partial charge in [-0.25, -0.2) is 4.98 Å². The lowest BCUT2D eigenvalue weighted by molar-refractivity contribution is -0.385. The van der Waals surface area contributed by atoms with Gasteiger partial charge in [-0.1, -0.05) is 19.3 Å². The van der Waals surface area contributed by atoms with Crippen LogP contribution in [0.1, 0.15) is 32.1 Å². The van der Waals surface area contributed by atoms with Crippen LogP contribution >= 0.6 is 11.8 Å². The molecule has 1 fully saturated rings. The fraction of sp³-hybridized carbons (Fsp3) is 0.615. The molecule has 19 heavy (non-hydrogen) atoms. The van der Waals surface area contributed by atoms with Gasteiger partial charge in [-0.3, -0.25) is 10.1 Å². The van der Waals surface area contributed by atoms with E-state index in [-0.39, 0.29) is 5.69 Å². The molecule has 1 heterocycles. The van der Waals surface area contributed by atoms with Crippen LogP contribution in [-0.4, -0.2) is 27.5 Å². The van der Waals surface area contributed by atoms with Crippen LogP contribution in [0, 0.1) is 10.1 Å². The minimum absolute atomic E-state index is 0.0304. The van der Waals surface area contributed by atoms with Crippen molar-refractivity contribution in [2.75, 3.05) is 18.1 Å². The molecule has 0 bridgehead atoms. The number of rotatable bonds is 5. The maximum absolute atomic E-state index is 10.6. The first-order valence-electron chi connectivity index (χ1n) is 6.55. The smallest absolute Gasteiger partial charge is 0.287 e. The Morgan fingerprint density at radius 1 is 1.42 bits per heavy atom. The van der Waals surface area contributed by atoms with Gasteiger partial charge in [0.15, 0.2) is 0 Å². The molecule has 0 atom stereocenters. The Morgan fingerprint density at radius 2 is 2.16 bits per heavy atom. The van der Waals surface area contributed by atoms with E-state index in [1.165, 1.54) is 44.4 Å². The van der Waals surface area contributed by atoms with Crippen molar-refractivity contribution in [1.82, 2.24) is 4.98 Å². The minimum Gasteiger partial charge on any atom is -0.369 e. The number of pyridine rings is 1. The van der Waals surface area contributed by atoms with E-state index in [4.69, 9.17) is 0 Å². The first-order valence-corrected chi connectivity index (χ1v) is 7.77. The standard InChI is InChI=1S/C13H19N3O2S/c1-19-13(7-3-2-4-8-13)10-15-12-6-5-11(9-14-12)16(17)18/h5-6,9H,2-4,7-8,10H2,1H3,(H,14,15). The van der Waals surface area contributed by atoms with Crippen molar-refractivity contribution in [1.29, 1.82) is 0 Å². The Morgan fingerprint density at radius 3 is 2.68 bits per heavy atom. The van der Waals surface area contributed by atoms with E-state index in [2.05, 4.69) is 16.6 Å². The lowest BCUT2D eigenvalue weighted by Crippen LogP contribution is -2.35. The fourth-order valence-corrected chi connectivity index (χ4v) is 3.41. The van der Waals surface area contributed by atoms with E-state index in [0.717, 1.165) is 6.54 Å². The summed E-state index contributed by atoms with van der Waals surface area (Å²) in [4.78, 5) is 14.2. The summed E-state index contributed by atoms with van der Waals surface area (Å²) in [5, 5.41) is 13.9. The summed E-state index contributed by atoms with van der Waals surface area (Å²) in [6.45, 7) is 0.874. The van der Waals surface area contributed by atoms with E-state index in [1.54, 1.807) is 6.07 Å². The van der Waals surface area contributed by atoms with Crippen LogP contribution in [0.5, 0.6) is 0 Å². The molecule has 0 amide bonds. The molecule has 1 aromatic rings. The molecule has 104 valence electrons. The van der Waals surface area contributed by atoms with E-state index in [0.29, 0.717) is 10.6 Å². The normalized spacial score (nSPS) is 17.9. The highest BCUT2D eigenvalue weighted by molar-refractivity contribution is 8.00. The van der Waals surface area contributed by atoms with Crippen molar-refractivity contribution in [3.63, 3.8) is 0 Å². The van der Waals surface area contributed by atoms with Gasteiger partial charge in [0.05, 0.1) is 4.92 Å². The molecule has 5 nitrogen and oxygen atoms in total. The van der Waals surface area contributed by atoms with Crippen LogP contribution in [0.15, 0.2) is 18.3 Å². The van der Waals surface area contributed by atoms with Crippen LogP contribution in [0.3, 0.4) is 0 Å². The zero-order chi connectivity index (χ0) is 13.7. The van der Waals surface area contributed by atoms with E-state index >= 15 is 0 Å². The average Bonchev–Trinajstić information content (AvgIpc) is 2.46. The zero-order valence-corrected chi connectivity index (χ0v) is 11.9. The summed E-state index contributed by atoms with van der Waals surface area (Å²) in [5.41, 5.74) is 0.0304. The van der Waals surface area contributed by atoms with Crippen molar-refractivity contribution in [2.24, 2.45) is 0 Å². The second-order valence-electron chi connectivity index (χ2n) is 4.96. The lowest BCUT2D eigenvalue weighted by atomic mass is 9.88. The quantitative estimate of drug-likeness (QED) is 0.661. The SMILES string of the molecule is CSC1(CNc2ccc([N+](=O)[O-])cn2)CCCCC1. The molecule has 0 radical (unpaired) electrons. The van der Waals surface area contributed by atoms with Crippen LogP contribution < -0.4 is 5.32 Å². The molecule has 0 aliphatic heterocycles. The third-order valence-electron chi connectivity index (χ3n) is 3.75. The Kier molecular flexibility index (Phi) is 4.63. The molecule has 1 aliphatic carbocycles. The van der Waals surface area contributed by atoms with Crippen LogP contribution in [-0.2, 0) is 0 Å². The Labute approximate surface area is 117 Å². The molecule has 0 aromatic carbocycles. The molecular weight excluding hydrogens is 262 g/mol. The third-order valence-corrected chi connectivity index (χ3v) is 5.17. The molecule has 0 unspecified atom stereocenters. The maximum Gasteiger partial charge on any atom is 0.287 e. The van der Waals surface area contributed by atoms with Gasteiger partial charge >= 0.3 is 0 Å². The number of hydrogen-bond acceptors (Lipinski definition) is 5. The highest BCUT2D eigenvalue weighted by atomic mass is 32.2. The first-order chi connectivity index (χ1) is 9.15. The fourth-order valence-electron chi connectivity index (χ4n) is 2.50. The summed E-state index contributed by atoms with van der Waals surface area (Å²) in [7, 11) is 0. The predicted molar refractivity (Wildman–Crippen MR) is 78.7 cm³/mol. The van der Waals surface area contributed by atoms with Gasteiger partial charge < -0.3 is 5.32 Å². The predicted octanol–water partition coefficient (Wildman–Crippen LogP) is 3.47. The third kappa shape index (κ3) is 3.59. The molecule has 0 saturated heterocycles. The van der Waals surface area contributed by atoms with Gasteiger partial charge in [-0.05, 0) is 25.2 Å².